The Hall–Kier alpha value is -1.25. The summed E-state index contributed by atoms with van der Waals surface area (Å²) in [6, 6.07) is 0. The second kappa shape index (κ2) is 10.2. The highest BCUT2D eigenvalue weighted by Gasteiger charge is 2.18. The van der Waals surface area contributed by atoms with Gasteiger partial charge in [-0.15, -0.1) is 11.6 Å². The average Bonchev–Trinajstić information content (AvgIpc) is 2.99. The Morgan fingerprint density at radius 1 is 1.23 bits per heavy atom. The molecule has 0 unspecified atom stereocenters. The van der Waals surface area contributed by atoms with Crippen molar-refractivity contribution in [2.24, 2.45) is 7.05 Å². The van der Waals surface area contributed by atoms with Crippen LogP contribution in [0.4, 0.5) is 0 Å². The van der Waals surface area contributed by atoms with Gasteiger partial charge in [0.15, 0.2) is 16.3 Å². The van der Waals surface area contributed by atoms with Crippen molar-refractivity contribution < 1.29 is 5.11 Å². The average molecular weight is 403 g/mol. The maximum Gasteiger partial charge on any atom is 0.329 e. The van der Waals surface area contributed by atoms with E-state index in [2.05, 4.69) is 16.9 Å². The number of nitrogens with one attached hydrogen (secondary N) is 1. The summed E-state index contributed by atoms with van der Waals surface area (Å²) in [4.78, 5) is 31.0. The maximum absolute atomic E-state index is 12.3. The number of H-pyrrole nitrogens is 1. The molecule has 2 aromatic heterocycles. The summed E-state index contributed by atoms with van der Waals surface area (Å²) in [5, 5.41) is 10.4. The quantitative estimate of drug-likeness (QED) is 0.342. The summed E-state index contributed by atoms with van der Waals surface area (Å²) in [6.07, 6.45) is 6.21. The zero-order valence-electron chi connectivity index (χ0n) is 15.3. The summed E-state index contributed by atoms with van der Waals surface area (Å²) >= 11 is 7.01. The molecule has 26 heavy (non-hydrogen) atoms. The van der Waals surface area contributed by atoms with Crippen LogP contribution < -0.4 is 11.2 Å². The first kappa shape index (κ1) is 21.1. The van der Waals surface area contributed by atoms with E-state index in [1.165, 1.54) is 42.0 Å². The highest BCUT2D eigenvalue weighted by atomic mass is 35.5. The molecular weight excluding hydrogens is 376 g/mol. The van der Waals surface area contributed by atoms with Gasteiger partial charge < -0.3 is 9.67 Å². The Morgan fingerprint density at radius 2 is 1.92 bits per heavy atom. The number of alkyl halides is 1. The molecule has 0 aliphatic carbocycles. The predicted molar refractivity (Wildman–Crippen MR) is 106 cm³/mol. The first-order valence-corrected chi connectivity index (χ1v) is 10.6. The van der Waals surface area contributed by atoms with Gasteiger partial charge in [-0.25, -0.2) is 9.78 Å². The monoisotopic (exact) mass is 402 g/mol. The lowest BCUT2D eigenvalue weighted by atomic mass is 10.1. The number of fused-ring (bicyclic) bond motifs is 1. The van der Waals surface area contributed by atoms with Gasteiger partial charge in [-0.3, -0.25) is 14.3 Å². The first-order valence-electron chi connectivity index (χ1n) is 9.06. The second-order valence-electron chi connectivity index (χ2n) is 6.42. The van der Waals surface area contributed by atoms with Gasteiger partial charge in [0, 0.05) is 25.2 Å². The van der Waals surface area contributed by atoms with E-state index in [0.29, 0.717) is 28.6 Å². The topological polar surface area (TPSA) is 92.9 Å². The maximum atomic E-state index is 12.3. The Labute approximate surface area is 161 Å². The van der Waals surface area contributed by atoms with Crippen LogP contribution in [0.25, 0.3) is 11.2 Å². The first-order chi connectivity index (χ1) is 12.5. The van der Waals surface area contributed by atoms with Crippen LogP contribution in [0.2, 0.25) is 0 Å². The number of halogens is 1. The molecule has 0 aliphatic rings. The minimum Gasteiger partial charge on any atom is -0.391 e. The van der Waals surface area contributed by atoms with Gasteiger partial charge in [0.25, 0.3) is 5.56 Å². The Balaban J connectivity index is 2.26. The largest absolute Gasteiger partial charge is 0.391 e. The normalized spacial score (nSPS) is 12.8. The van der Waals surface area contributed by atoms with Crippen molar-refractivity contribution in [3.63, 3.8) is 0 Å². The van der Waals surface area contributed by atoms with Gasteiger partial charge in [0.2, 0.25) is 0 Å². The number of aliphatic hydroxyl groups excluding tert-OH is 1. The minimum atomic E-state index is -0.647. The molecule has 0 bridgehead atoms. The fourth-order valence-electron chi connectivity index (χ4n) is 2.80. The van der Waals surface area contributed by atoms with Gasteiger partial charge in [0.05, 0.1) is 6.10 Å². The van der Waals surface area contributed by atoms with E-state index in [1.807, 2.05) is 4.57 Å². The second-order valence-corrected chi connectivity index (χ2v) is 7.72. The van der Waals surface area contributed by atoms with Gasteiger partial charge in [-0.05, 0) is 6.42 Å². The summed E-state index contributed by atoms with van der Waals surface area (Å²) in [6.45, 7) is 2.84. The van der Waals surface area contributed by atoms with Crippen molar-refractivity contribution >= 4 is 34.5 Å². The highest BCUT2D eigenvalue weighted by Crippen LogP contribution is 2.23. The van der Waals surface area contributed by atoms with Crippen molar-refractivity contribution in [2.75, 3.05) is 11.6 Å². The van der Waals surface area contributed by atoms with E-state index in [1.54, 1.807) is 7.05 Å². The highest BCUT2D eigenvalue weighted by molar-refractivity contribution is 7.99. The standard InChI is InChI=1S/C17H27ClN4O3S/c1-3-4-5-6-7-8-9-22-13-14(21(2)16(25)20-15(13)24)19-17(22)26-11-12(23)10-18/h12,23H,3-11H2,1-2H3,(H,20,24,25)/t12-/m1/s1. The molecule has 2 N–H and O–H groups in total. The fourth-order valence-corrected chi connectivity index (χ4v) is 3.98. The zero-order valence-corrected chi connectivity index (χ0v) is 16.9. The number of unbranched alkanes of at least 4 members (excludes halogenated alkanes) is 5. The van der Waals surface area contributed by atoms with E-state index < -0.39 is 17.4 Å². The lowest BCUT2D eigenvalue weighted by Gasteiger charge is -2.10. The number of hydrogen-bond acceptors (Lipinski definition) is 5. The minimum absolute atomic E-state index is 0.143. The van der Waals surface area contributed by atoms with Crippen LogP contribution in [0.1, 0.15) is 45.4 Å². The molecule has 0 saturated heterocycles. The van der Waals surface area contributed by atoms with Crippen molar-refractivity contribution in [3.05, 3.63) is 20.8 Å². The van der Waals surface area contributed by atoms with E-state index in [-0.39, 0.29) is 5.88 Å². The van der Waals surface area contributed by atoms with Crippen LogP contribution in [-0.2, 0) is 13.6 Å². The van der Waals surface area contributed by atoms with Gasteiger partial charge in [-0.1, -0.05) is 50.8 Å². The van der Waals surface area contributed by atoms with E-state index in [0.717, 1.165) is 12.8 Å². The molecule has 0 spiro atoms. The molecule has 2 heterocycles. The fraction of sp³-hybridized carbons (Fsp3) is 0.706. The van der Waals surface area contributed by atoms with Gasteiger partial charge >= 0.3 is 5.69 Å². The molecule has 2 aromatic rings. The summed E-state index contributed by atoms with van der Waals surface area (Å²) in [5.41, 5.74) is -0.133. The Kier molecular flexibility index (Phi) is 8.24. The van der Waals surface area contributed by atoms with E-state index in [4.69, 9.17) is 11.6 Å². The third-order valence-corrected chi connectivity index (χ3v) is 5.77. The molecule has 0 aromatic carbocycles. The van der Waals surface area contributed by atoms with Crippen LogP contribution in [0, 0.1) is 0 Å². The van der Waals surface area contributed by atoms with Crippen molar-refractivity contribution in [3.8, 4) is 0 Å². The summed E-state index contributed by atoms with van der Waals surface area (Å²) in [5.74, 6) is 0.527. The SMILES string of the molecule is CCCCCCCCn1c(SC[C@H](O)CCl)nc2c1c(=O)[nH]c(=O)n2C. The molecule has 7 nitrogen and oxygen atoms in total. The van der Waals surface area contributed by atoms with Crippen molar-refractivity contribution in [1.29, 1.82) is 0 Å². The Morgan fingerprint density at radius 3 is 2.62 bits per heavy atom. The van der Waals surface area contributed by atoms with Crippen LogP contribution in [0.3, 0.4) is 0 Å². The Bertz CT molecular complexity index is 830. The van der Waals surface area contributed by atoms with Crippen LogP contribution in [0.15, 0.2) is 14.7 Å². The van der Waals surface area contributed by atoms with Gasteiger partial charge in [0.1, 0.15) is 0 Å². The summed E-state index contributed by atoms with van der Waals surface area (Å²) in [7, 11) is 1.59. The van der Waals surface area contributed by atoms with Crippen LogP contribution in [0.5, 0.6) is 0 Å². The molecule has 0 saturated carbocycles. The number of rotatable bonds is 11. The van der Waals surface area contributed by atoms with Crippen molar-refractivity contribution in [2.45, 2.75) is 63.3 Å². The lowest BCUT2D eigenvalue weighted by Crippen LogP contribution is -2.29. The number of aliphatic hydroxyl groups is 1. The number of aryl methyl sites for hydroxylation is 2. The molecule has 0 radical (unpaired) electrons. The van der Waals surface area contributed by atoms with Crippen LogP contribution >= 0.6 is 23.4 Å². The molecule has 9 heteroatoms. The van der Waals surface area contributed by atoms with Gasteiger partial charge in [-0.2, -0.15) is 0 Å². The smallest absolute Gasteiger partial charge is 0.329 e. The number of thioether (sulfide) groups is 1. The third kappa shape index (κ3) is 5.14. The lowest BCUT2D eigenvalue weighted by molar-refractivity contribution is 0.223. The molecule has 146 valence electrons. The van der Waals surface area contributed by atoms with Crippen molar-refractivity contribution in [1.82, 2.24) is 19.1 Å². The molecule has 1 atom stereocenters. The number of hydrogen-bond donors (Lipinski definition) is 2. The molecule has 2 rings (SSSR count). The number of imidazole rings is 1. The molecule has 0 aliphatic heterocycles. The zero-order chi connectivity index (χ0) is 19.1. The van der Waals surface area contributed by atoms with E-state index in [9.17, 15) is 14.7 Å². The molecule has 0 amide bonds. The van der Waals surface area contributed by atoms with Crippen LogP contribution in [-0.4, -0.2) is 41.9 Å². The number of aromatic nitrogens is 4. The molecular formula is C17H27ClN4O3S. The summed E-state index contributed by atoms with van der Waals surface area (Å²) < 4.78 is 3.20. The number of aromatic amines is 1. The predicted octanol–water partition coefficient (Wildman–Crippen LogP) is 2.48. The van der Waals surface area contributed by atoms with E-state index >= 15 is 0 Å². The third-order valence-electron chi connectivity index (χ3n) is 4.29. The molecule has 0 fully saturated rings. The number of nitrogens with zero attached hydrogens (tertiary/aromatic N) is 3.